The first-order chi connectivity index (χ1) is 11.2. The van der Waals surface area contributed by atoms with Gasteiger partial charge in [0.2, 0.25) is 0 Å². The van der Waals surface area contributed by atoms with Crippen LogP contribution in [0.15, 0.2) is 58.1 Å². The molecule has 0 bridgehead atoms. The Hall–Kier alpha value is -3.02. The molecule has 0 saturated carbocycles. The lowest BCUT2D eigenvalue weighted by molar-refractivity contribution is 0.292. The molecule has 0 radical (unpaired) electrons. The van der Waals surface area contributed by atoms with E-state index in [1.807, 2.05) is 12.1 Å². The van der Waals surface area contributed by atoms with E-state index < -0.39 is 5.69 Å². The molecule has 1 heterocycles. The van der Waals surface area contributed by atoms with Crippen LogP contribution in [0.5, 0.6) is 11.5 Å². The van der Waals surface area contributed by atoms with Crippen molar-refractivity contribution in [2.75, 3.05) is 13.7 Å². The van der Waals surface area contributed by atoms with Gasteiger partial charge >= 0.3 is 5.69 Å². The van der Waals surface area contributed by atoms with E-state index >= 15 is 0 Å². The van der Waals surface area contributed by atoms with Gasteiger partial charge in [-0.25, -0.2) is 4.79 Å². The molecule has 6 nitrogen and oxygen atoms in total. The zero-order valence-electron chi connectivity index (χ0n) is 12.6. The highest BCUT2D eigenvalue weighted by Gasteiger charge is 2.07. The van der Waals surface area contributed by atoms with E-state index in [2.05, 4.69) is 4.98 Å². The molecule has 0 aliphatic carbocycles. The van der Waals surface area contributed by atoms with Crippen LogP contribution in [-0.2, 0) is 6.54 Å². The minimum absolute atomic E-state index is 0.163. The molecule has 3 rings (SSSR count). The van der Waals surface area contributed by atoms with Crippen LogP contribution in [0.25, 0.3) is 10.9 Å². The van der Waals surface area contributed by atoms with Crippen molar-refractivity contribution in [3.05, 3.63) is 69.4 Å². The lowest BCUT2D eigenvalue weighted by Crippen LogP contribution is -2.36. The number of fused-ring (bicyclic) bond motifs is 1. The molecule has 118 valence electrons. The van der Waals surface area contributed by atoms with Crippen molar-refractivity contribution >= 4 is 10.9 Å². The fourth-order valence-electron chi connectivity index (χ4n) is 2.35. The number of hydrogen-bond acceptors (Lipinski definition) is 4. The molecule has 0 amide bonds. The summed E-state index contributed by atoms with van der Waals surface area (Å²) in [6.45, 7) is 0.366. The summed E-state index contributed by atoms with van der Waals surface area (Å²) < 4.78 is 11.8. The summed E-state index contributed by atoms with van der Waals surface area (Å²) in [5.74, 6) is 1.30. The molecular formula is C17H16N2O4. The zero-order valence-corrected chi connectivity index (χ0v) is 12.6. The number of nitrogens with one attached hydrogen (secondary N) is 1. The van der Waals surface area contributed by atoms with Gasteiger partial charge in [0.15, 0.2) is 0 Å². The summed E-state index contributed by atoms with van der Waals surface area (Å²) in [5.41, 5.74) is -0.228. The first-order valence-electron chi connectivity index (χ1n) is 7.18. The van der Waals surface area contributed by atoms with Crippen molar-refractivity contribution in [2.45, 2.75) is 6.54 Å². The van der Waals surface area contributed by atoms with Crippen molar-refractivity contribution in [2.24, 2.45) is 0 Å². The number of hydrogen-bond donors (Lipinski definition) is 1. The highest BCUT2D eigenvalue weighted by molar-refractivity contribution is 5.76. The molecule has 0 fully saturated rings. The van der Waals surface area contributed by atoms with Crippen molar-refractivity contribution in [1.82, 2.24) is 9.55 Å². The lowest BCUT2D eigenvalue weighted by Gasteiger charge is -2.09. The molecule has 0 aliphatic heterocycles. The number of methoxy groups -OCH3 is 1. The molecule has 3 aromatic rings. The van der Waals surface area contributed by atoms with Crippen LogP contribution in [0.4, 0.5) is 0 Å². The summed E-state index contributed by atoms with van der Waals surface area (Å²) in [5, 5.41) is 0.480. The van der Waals surface area contributed by atoms with Gasteiger partial charge in [0.05, 0.1) is 24.6 Å². The topological polar surface area (TPSA) is 73.3 Å². The summed E-state index contributed by atoms with van der Waals surface area (Å²) in [6.07, 6.45) is 0. The first kappa shape index (κ1) is 14.9. The molecule has 1 N–H and O–H groups in total. The Bertz CT molecular complexity index is 943. The maximum absolute atomic E-state index is 12.4. The Morgan fingerprint density at radius 2 is 1.83 bits per heavy atom. The third kappa shape index (κ3) is 3.11. The van der Waals surface area contributed by atoms with E-state index in [4.69, 9.17) is 9.47 Å². The van der Waals surface area contributed by atoms with Gasteiger partial charge in [-0.1, -0.05) is 18.2 Å². The molecular weight excluding hydrogens is 296 g/mol. The number of nitrogens with zero attached hydrogens (tertiary/aromatic N) is 1. The number of ether oxygens (including phenoxy) is 2. The third-order valence-electron chi connectivity index (χ3n) is 3.51. The molecule has 0 atom stereocenters. The second-order valence-corrected chi connectivity index (χ2v) is 4.96. The number of H-pyrrole nitrogens is 1. The fraction of sp³-hybridized carbons (Fsp3) is 0.176. The standard InChI is InChI=1S/C17H16N2O4/c1-22-12-5-4-6-13(11-12)23-10-9-19-16(20)14-7-2-3-8-15(14)18-17(19)21/h2-8,11H,9-10H2,1H3,(H,18,21). The Morgan fingerprint density at radius 3 is 2.65 bits per heavy atom. The van der Waals surface area contributed by atoms with Gasteiger partial charge < -0.3 is 14.5 Å². The molecule has 1 aromatic heterocycles. The molecule has 0 unspecified atom stereocenters. The van der Waals surface area contributed by atoms with E-state index in [0.29, 0.717) is 22.4 Å². The van der Waals surface area contributed by atoms with Crippen molar-refractivity contribution < 1.29 is 9.47 Å². The van der Waals surface area contributed by atoms with Crippen LogP contribution in [0.3, 0.4) is 0 Å². The minimum Gasteiger partial charge on any atom is -0.497 e. The summed E-state index contributed by atoms with van der Waals surface area (Å²) >= 11 is 0. The summed E-state index contributed by atoms with van der Waals surface area (Å²) in [6, 6.07) is 14.1. The predicted octanol–water partition coefficient (Wildman–Crippen LogP) is 1.78. The predicted molar refractivity (Wildman–Crippen MR) is 87.3 cm³/mol. The Morgan fingerprint density at radius 1 is 1.04 bits per heavy atom. The van der Waals surface area contributed by atoms with Crippen molar-refractivity contribution in [1.29, 1.82) is 0 Å². The highest BCUT2D eigenvalue weighted by Crippen LogP contribution is 2.18. The fourth-order valence-corrected chi connectivity index (χ4v) is 2.35. The summed E-state index contributed by atoms with van der Waals surface area (Å²) in [4.78, 5) is 27.1. The molecule has 0 spiro atoms. The van der Waals surface area contributed by atoms with Crippen LogP contribution in [0.2, 0.25) is 0 Å². The van der Waals surface area contributed by atoms with Gasteiger partial charge in [-0.2, -0.15) is 0 Å². The Balaban J connectivity index is 1.79. The van der Waals surface area contributed by atoms with Gasteiger partial charge in [0.1, 0.15) is 18.1 Å². The van der Waals surface area contributed by atoms with E-state index in [1.165, 1.54) is 0 Å². The molecule has 6 heteroatoms. The van der Waals surface area contributed by atoms with Gasteiger partial charge in [-0.05, 0) is 24.3 Å². The van der Waals surface area contributed by atoms with Gasteiger partial charge in [0.25, 0.3) is 5.56 Å². The molecule has 23 heavy (non-hydrogen) atoms. The molecule has 0 aliphatic rings. The number of para-hydroxylation sites is 1. The van der Waals surface area contributed by atoms with E-state index in [-0.39, 0.29) is 18.7 Å². The number of rotatable bonds is 5. The Labute approximate surface area is 131 Å². The van der Waals surface area contributed by atoms with Crippen molar-refractivity contribution in [3.8, 4) is 11.5 Å². The first-order valence-corrected chi connectivity index (χ1v) is 7.18. The van der Waals surface area contributed by atoms with E-state index in [1.54, 1.807) is 43.5 Å². The SMILES string of the molecule is COc1cccc(OCCn2c(=O)[nH]c3ccccc3c2=O)c1. The monoisotopic (exact) mass is 312 g/mol. The maximum atomic E-state index is 12.4. The van der Waals surface area contributed by atoms with E-state index in [0.717, 1.165) is 4.57 Å². The van der Waals surface area contributed by atoms with Crippen LogP contribution >= 0.6 is 0 Å². The van der Waals surface area contributed by atoms with Gasteiger partial charge in [-0.15, -0.1) is 0 Å². The Kier molecular flexibility index (Phi) is 4.14. The van der Waals surface area contributed by atoms with Crippen LogP contribution < -0.4 is 20.7 Å². The second kappa shape index (κ2) is 6.39. The van der Waals surface area contributed by atoms with E-state index in [9.17, 15) is 9.59 Å². The van der Waals surface area contributed by atoms with Gasteiger partial charge in [0, 0.05) is 6.07 Å². The van der Waals surface area contributed by atoms with Crippen LogP contribution in [0.1, 0.15) is 0 Å². The number of aromatic nitrogens is 2. The van der Waals surface area contributed by atoms with Crippen LogP contribution in [-0.4, -0.2) is 23.3 Å². The minimum atomic E-state index is -0.442. The zero-order chi connectivity index (χ0) is 16.2. The quantitative estimate of drug-likeness (QED) is 0.779. The smallest absolute Gasteiger partial charge is 0.328 e. The lowest BCUT2D eigenvalue weighted by atomic mass is 10.2. The average Bonchev–Trinajstić information content (AvgIpc) is 2.58. The highest BCUT2D eigenvalue weighted by atomic mass is 16.5. The molecule has 2 aromatic carbocycles. The average molecular weight is 312 g/mol. The van der Waals surface area contributed by atoms with Gasteiger partial charge in [-0.3, -0.25) is 9.36 Å². The molecule has 0 saturated heterocycles. The third-order valence-corrected chi connectivity index (χ3v) is 3.51. The number of benzene rings is 2. The van der Waals surface area contributed by atoms with Crippen LogP contribution in [0, 0.1) is 0 Å². The summed E-state index contributed by atoms with van der Waals surface area (Å²) in [7, 11) is 1.58. The normalized spacial score (nSPS) is 10.7. The number of aromatic amines is 1. The largest absolute Gasteiger partial charge is 0.497 e. The second-order valence-electron chi connectivity index (χ2n) is 4.96. The van der Waals surface area contributed by atoms with Crippen molar-refractivity contribution in [3.63, 3.8) is 0 Å². The maximum Gasteiger partial charge on any atom is 0.328 e.